The molecule has 5 heteroatoms. The van der Waals surface area contributed by atoms with E-state index in [0.29, 0.717) is 10.8 Å². The lowest BCUT2D eigenvalue weighted by atomic mass is 9.93. The van der Waals surface area contributed by atoms with Gasteiger partial charge in [0.05, 0.1) is 16.9 Å². The van der Waals surface area contributed by atoms with E-state index >= 15 is 0 Å². The molecule has 1 aliphatic rings. The number of nitrogens with zero attached hydrogens (tertiary/aromatic N) is 1. The zero-order chi connectivity index (χ0) is 15.4. The monoisotopic (exact) mass is 315 g/mol. The van der Waals surface area contributed by atoms with E-state index in [-0.39, 0.29) is 11.4 Å². The molecule has 2 aromatic rings. The van der Waals surface area contributed by atoms with E-state index in [1.807, 2.05) is 18.2 Å². The van der Waals surface area contributed by atoms with E-state index in [9.17, 15) is 4.39 Å². The Labute approximate surface area is 135 Å². The highest BCUT2D eigenvalue weighted by Gasteiger charge is 2.37. The first-order valence-electron chi connectivity index (χ1n) is 7.45. The predicted octanol–water partition coefficient (Wildman–Crippen LogP) is 3.98. The van der Waals surface area contributed by atoms with Gasteiger partial charge < -0.3 is 10.6 Å². The Morgan fingerprint density at radius 3 is 2.50 bits per heavy atom. The van der Waals surface area contributed by atoms with Crippen molar-refractivity contribution in [3.05, 3.63) is 60.2 Å². The Hall–Kier alpha value is -2.01. The topological polar surface area (TPSA) is 37.0 Å². The summed E-state index contributed by atoms with van der Waals surface area (Å²) in [7, 11) is 0. The van der Waals surface area contributed by atoms with Crippen molar-refractivity contribution < 1.29 is 4.39 Å². The van der Waals surface area contributed by atoms with E-state index in [0.717, 1.165) is 31.4 Å². The lowest BCUT2D eigenvalue weighted by molar-refractivity contribution is 0.396. The van der Waals surface area contributed by atoms with Crippen LogP contribution in [0, 0.1) is 5.82 Å². The van der Waals surface area contributed by atoms with Crippen LogP contribution in [0.4, 0.5) is 10.1 Å². The highest BCUT2D eigenvalue weighted by Crippen LogP contribution is 2.37. The third-order valence-electron chi connectivity index (χ3n) is 4.09. The van der Waals surface area contributed by atoms with Gasteiger partial charge in [-0.1, -0.05) is 31.0 Å². The van der Waals surface area contributed by atoms with Gasteiger partial charge in [-0.25, -0.2) is 4.39 Å². The average molecular weight is 315 g/mol. The number of thiocarbonyl (C=S) groups is 1. The number of benzene rings is 1. The molecule has 22 heavy (non-hydrogen) atoms. The Morgan fingerprint density at radius 2 is 1.82 bits per heavy atom. The minimum atomic E-state index is -0.315. The molecule has 2 N–H and O–H groups in total. The molecule has 0 saturated heterocycles. The van der Waals surface area contributed by atoms with Gasteiger partial charge >= 0.3 is 0 Å². The molecule has 3 nitrogen and oxygen atoms in total. The average Bonchev–Trinajstić information content (AvgIpc) is 3.00. The van der Waals surface area contributed by atoms with E-state index in [2.05, 4.69) is 15.6 Å². The van der Waals surface area contributed by atoms with Gasteiger partial charge in [-0.15, -0.1) is 0 Å². The SMILES string of the molecule is Fc1ccccc1NC(=S)NC1(c2ccccn2)CCCC1. The quantitative estimate of drug-likeness (QED) is 0.840. The van der Waals surface area contributed by atoms with Gasteiger partial charge in [0.1, 0.15) is 5.82 Å². The van der Waals surface area contributed by atoms with E-state index in [1.54, 1.807) is 24.4 Å². The van der Waals surface area contributed by atoms with E-state index < -0.39 is 0 Å². The minimum Gasteiger partial charge on any atom is -0.351 e. The van der Waals surface area contributed by atoms with Crippen LogP contribution in [0.25, 0.3) is 0 Å². The molecule has 0 atom stereocenters. The fourth-order valence-corrected chi connectivity index (χ4v) is 3.31. The van der Waals surface area contributed by atoms with Crippen molar-refractivity contribution in [1.82, 2.24) is 10.3 Å². The van der Waals surface area contributed by atoms with Crippen molar-refractivity contribution in [3.8, 4) is 0 Å². The van der Waals surface area contributed by atoms with Crippen LogP contribution in [0.5, 0.6) is 0 Å². The van der Waals surface area contributed by atoms with Gasteiger partial charge in [-0.3, -0.25) is 4.98 Å². The number of hydrogen-bond acceptors (Lipinski definition) is 2. The number of pyridine rings is 1. The van der Waals surface area contributed by atoms with Gasteiger partial charge in [0.25, 0.3) is 0 Å². The second-order valence-corrected chi connectivity index (χ2v) is 5.97. The molecule has 0 radical (unpaired) electrons. The van der Waals surface area contributed by atoms with E-state index in [4.69, 9.17) is 12.2 Å². The molecule has 1 aliphatic carbocycles. The van der Waals surface area contributed by atoms with Gasteiger partial charge in [0.15, 0.2) is 5.11 Å². The Morgan fingerprint density at radius 1 is 1.09 bits per heavy atom. The molecule has 1 heterocycles. The molecule has 1 aromatic carbocycles. The van der Waals surface area contributed by atoms with Crippen LogP contribution in [0.2, 0.25) is 0 Å². The molecule has 1 saturated carbocycles. The molecule has 114 valence electrons. The third-order valence-corrected chi connectivity index (χ3v) is 4.29. The van der Waals surface area contributed by atoms with Crippen LogP contribution >= 0.6 is 12.2 Å². The van der Waals surface area contributed by atoms with Crippen molar-refractivity contribution in [3.63, 3.8) is 0 Å². The van der Waals surface area contributed by atoms with Gasteiger partial charge in [-0.2, -0.15) is 0 Å². The standard InChI is InChI=1S/C17H18FN3S/c18-13-7-1-2-8-14(13)20-16(22)21-17(10-4-5-11-17)15-9-3-6-12-19-15/h1-3,6-9,12H,4-5,10-11H2,(H2,20,21,22). The molecular formula is C17H18FN3S. The summed E-state index contributed by atoms with van der Waals surface area (Å²) < 4.78 is 13.7. The van der Waals surface area contributed by atoms with Crippen LogP contribution in [0.3, 0.4) is 0 Å². The highest BCUT2D eigenvalue weighted by atomic mass is 32.1. The lowest BCUT2D eigenvalue weighted by Crippen LogP contribution is -2.46. The first-order valence-corrected chi connectivity index (χ1v) is 7.86. The summed E-state index contributed by atoms with van der Waals surface area (Å²) in [5.74, 6) is -0.315. The normalized spacial score (nSPS) is 16.2. The lowest BCUT2D eigenvalue weighted by Gasteiger charge is -2.31. The zero-order valence-electron chi connectivity index (χ0n) is 12.2. The molecule has 1 aromatic heterocycles. The van der Waals surface area contributed by atoms with Crippen LogP contribution in [0.15, 0.2) is 48.7 Å². The molecule has 1 fully saturated rings. The number of anilines is 1. The number of rotatable bonds is 3. The highest BCUT2D eigenvalue weighted by molar-refractivity contribution is 7.80. The second kappa shape index (κ2) is 6.40. The maximum absolute atomic E-state index is 13.7. The molecule has 0 bridgehead atoms. The van der Waals surface area contributed by atoms with Crippen LogP contribution in [-0.2, 0) is 5.54 Å². The summed E-state index contributed by atoms with van der Waals surface area (Å²) in [4.78, 5) is 4.49. The number of halogens is 1. The minimum absolute atomic E-state index is 0.253. The van der Waals surface area contributed by atoms with Crippen molar-refractivity contribution >= 4 is 23.0 Å². The van der Waals surface area contributed by atoms with Crippen molar-refractivity contribution in [2.45, 2.75) is 31.2 Å². The summed E-state index contributed by atoms with van der Waals surface area (Å²) in [6.45, 7) is 0. The van der Waals surface area contributed by atoms with Crippen molar-refractivity contribution in [2.24, 2.45) is 0 Å². The van der Waals surface area contributed by atoms with Crippen LogP contribution in [-0.4, -0.2) is 10.1 Å². The Kier molecular flexibility index (Phi) is 4.34. The number of aromatic nitrogens is 1. The number of para-hydroxylation sites is 1. The first-order chi connectivity index (χ1) is 10.7. The van der Waals surface area contributed by atoms with Gasteiger partial charge in [-0.05, 0) is 49.3 Å². The smallest absolute Gasteiger partial charge is 0.171 e. The Balaban J connectivity index is 1.77. The summed E-state index contributed by atoms with van der Waals surface area (Å²) in [6.07, 6.45) is 6.01. The number of hydrogen-bond donors (Lipinski definition) is 2. The molecule has 0 unspecified atom stereocenters. The summed E-state index contributed by atoms with van der Waals surface area (Å²) >= 11 is 5.39. The number of nitrogens with one attached hydrogen (secondary N) is 2. The molecule has 3 rings (SSSR count). The molecule has 0 spiro atoms. The van der Waals surface area contributed by atoms with Crippen molar-refractivity contribution in [1.29, 1.82) is 0 Å². The van der Waals surface area contributed by atoms with E-state index in [1.165, 1.54) is 6.07 Å². The van der Waals surface area contributed by atoms with Gasteiger partial charge in [0, 0.05) is 6.20 Å². The fourth-order valence-electron chi connectivity index (χ4n) is 3.00. The molecular weight excluding hydrogens is 297 g/mol. The summed E-state index contributed by atoms with van der Waals surface area (Å²) in [5, 5.41) is 6.75. The molecule has 0 aliphatic heterocycles. The maximum atomic E-state index is 13.7. The molecule has 0 amide bonds. The predicted molar refractivity (Wildman–Crippen MR) is 90.1 cm³/mol. The zero-order valence-corrected chi connectivity index (χ0v) is 13.0. The Bertz CT molecular complexity index is 654. The summed E-state index contributed by atoms with van der Waals surface area (Å²) in [6, 6.07) is 12.4. The van der Waals surface area contributed by atoms with Crippen LogP contribution in [0.1, 0.15) is 31.4 Å². The third kappa shape index (κ3) is 3.09. The van der Waals surface area contributed by atoms with Crippen molar-refractivity contribution in [2.75, 3.05) is 5.32 Å². The summed E-state index contributed by atoms with van der Waals surface area (Å²) in [5.41, 5.74) is 1.12. The maximum Gasteiger partial charge on any atom is 0.171 e. The first kappa shape index (κ1) is 14.9. The largest absolute Gasteiger partial charge is 0.351 e. The van der Waals surface area contributed by atoms with Crippen LogP contribution < -0.4 is 10.6 Å². The van der Waals surface area contributed by atoms with Gasteiger partial charge in [0.2, 0.25) is 0 Å². The second-order valence-electron chi connectivity index (χ2n) is 5.56. The fraction of sp³-hybridized carbons (Fsp3) is 0.294.